The Morgan fingerprint density at radius 3 is 2.40 bits per heavy atom. The zero-order valence-corrected chi connectivity index (χ0v) is 9.71. The fraction of sp³-hybridized carbons (Fsp3) is 0.462. The minimum absolute atomic E-state index is 0.130. The van der Waals surface area contributed by atoms with Gasteiger partial charge in [0.05, 0.1) is 0 Å². The van der Waals surface area contributed by atoms with E-state index in [9.17, 15) is 4.79 Å². The van der Waals surface area contributed by atoms with Gasteiger partial charge in [-0.05, 0) is 18.4 Å². The average molecular weight is 205 g/mol. The quantitative estimate of drug-likeness (QED) is 0.804. The molecule has 0 radical (unpaired) electrons. The number of hydrogen-bond donors (Lipinski definition) is 1. The van der Waals surface area contributed by atoms with E-state index in [2.05, 4.69) is 24.4 Å². The molecule has 2 heteroatoms. The number of carbonyl (C=O) groups excluding carboxylic acids is 1. The molecule has 1 aromatic rings. The number of rotatable bonds is 4. The molecule has 82 valence electrons. The predicted octanol–water partition coefficient (Wildman–Crippen LogP) is 2.66. The molecule has 0 unspecified atom stereocenters. The molecule has 0 aliphatic rings. The van der Waals surface area contributed by atoms with Gasteiger partial charge in [-0.1, -0.05) is 43.7 Å². The van der Waals surface area contributed by atoms with Crippen LogP contribution in [0.15, 0.2) is 24.3 Å². The van der Waals surface area contributed by atoms with Crippen molar-refractivity contribution in [3.8, 4) is 0 Å². The van der Waals surface area contributed by atoms with Crippen LogP contribution in [0, 0.1) is 12.8 Å². The van der Waals surface area contributed by atoms with Crippen molar-refractivity contribution < 1.29 is 4.79 Å². The Labute approximate surface area is 91.7 Å². The van der Waals surface area contributed by atoms with Gasteiger partial charge < -0.3 is 5.32 Å². The van der Waals surface area contributed by atoms with Crippen LogP contribution in [0.4, 0.5) is 0 Å². The minimum atomic E-state index is 0.130. The van der Waals surface area contributed by atoms with Crippen LogP contribution in [0.25, 0.3) is 0 Å². The van der Waals surface area contributed by atoms with Crippen LogP contribution in [0.1, 0.15) is 31.4 Å². The number of aryl methyl sites for hydroxylation is 1. The molecule has 0 aliphatic carbocycles. The van der Waals surface area contributed by atoms with Gasteiger partial charge in [-0.25, -0.2) is 0 Å². The zero-order chi connectivity index (χ0) is 11.3. The molecule has 0 saturated carbocycles. The van der Waals surface area contributed by atoms with Gasteiger partial charge in [0.15, 0.2) is 0 Å². The maximum Gasteiger partial charge on any atom is 0.220 e. The van der Waals surface area contributed by atoms with Gasteiger partial charge in [0, 0.05) is 13.0 Å². The molecule has 0 aliphatic heterocycles. The lowest BCUT2D eigenvalue weighted by Gasteiger charge is -2.07. The predicted molar refractivity (Wildman–Crippen MR) is 62.5 cm³/mol. The topological polar surface area (TPSA) is 29.1 Å². The van der Waals surface area contributed by atoms with Gasteiger partial charge in [-0.2, -0.15) is 0 Å². The highest BCUT2D eigenvalue weighted by molar-refractivity contribution is 5.76. The van der Waals surface area contributed by atoms with Crippen molar-refractivity contribution in [2.45, 2.75) is 33.7 Å². The Morgan fingerprint density at radius 1 is 1.27 bits per heavy atom. The van der Waals surface area contributed by atoms with E-state index in [0.717, 1.165) is 5.56 Å². The van der Waals surface area contributed by atoms with Crippen LogP contribution in [0.2, 0.25) is 0 Å². The summed E-state index contributed by atoms with van der Waals surface area (Å²) in [4.78, 5) is 11.4. The Morgan fingerprint density at radius 2 is 1.87 bits per heavy atom. The van der Waals surface area contributed by atoms with E-state index in [4.69, 9.17) is 0 Å². The number of benzene rings is 1. The molecule has 0 bridgehead atoms. The van der Waals surface area contributed by atoms with Gasteiger partial charge in [0.2, 0.25) is 5.91 Å². The normalized spacial score (nSPS) is 10.4. The number of hydrogen-bond acceptors (Lipinski definition) is 1. The van der Waals surface area contributed by atoms with Gasteiger partial charge in [0.1, 0.15) is 0 Å². The molecule has 0 aromatic heterocycles. The lowest BCUT2D eigenvalue weighted by molar-refractivity contribution is -0.121. The largest absolute Gasteiger partial charge is 0.352 e. The number of nitrogens with one attached hydrogen (secondary N) is 1. The Bertz CT molecular complexity index is 314. The summed E-state index contributed by atoms with van der Waals surface area (Å²) in [5.41, 5.74) is 2.39. The first-order chi connectivity index (χ1) is 7.08. The highest BCUT2D eigenvalue weighted by Crippen LogP contribution is 2.03. The maximum absolute atomic E-state index is 11.4. The number of carbonyl (C=O) groups is 1. The molecule has 0 saturated heterocycles. The van der Waals surface area contributed by atoms with Crippen LogP contribution in [-0.4, -0.2) is 5.91 Å². The van der Waals surface area contributed by atoms with Crippen molar-refractivity contribution in [3.05, 3.63) is 35.4 Å². The van der Waals surface area contributed by atoms with Gasteiger partial charge in [0.25, 0.3) is 0 Å². The minimum Gasteiger partial charge on any atom is -0.352 e. The summed E-state index contributed by atoms with van der Waals surface area (Å²) >= 11 is 0. The summed E-state index contributed by atoms with van der Waals surface area (Å²) in [7, 11) is 0. The van der Waals surface area contributed by atoms with Crippen molar-refractivity contribution in [2.75, 3.05) is 0 Å². The van der Waals surface area contributed by atoms with Crippen molar-refractivity contribution in [3.63, 3.8) is 0 Å². The molecule has 2 nitrogen and oxygen atoms in total. The summed E-state index contributed by atoms with van der Waals surface area (Å²) in [6.07, 6.45) is 0.603. The first-order valence-corrected chi connectivity index (χ1v) is 5.40. The smallest absolute Gasteiger partial charge is 0.220 e. The number of amides is 1. The second-order valence-corrected chi connectivity index (χ2v) is 4.36. The van der Waals surface area contributed by atoms with Crippen LogP contribution < -0.4 is 5.32 Å². The summed E-state index contributed by atoms with van der Waals surface area (Å²) < 4.78 is 0. The molecule has 1 rings (SSSR count). The first kappa shape index (κ1) is 11.8. The third-order valence-electron chi connectivity index (χ3n) is 2.20. The molecular formula is C13H19NO. The molecule has 0 atom stereocenters. The van der Waals surface area contributed by atoms with Gasteiger partial charge >= 0.3 is 0 Å². The molecule has 0 fully saturated rings. The lowest BCUT2D eigenvalue weighted by Crippen LogP contribution is -2.23. The molecule has 1 aromatic carbocycles. The van der Waals surface area contributed by atoms with Gasteiger partial charge in [-0.15, -0.1) is 0 Å². The van der Waals surface area contributed by atoms with E-state index in [1.54, 1.807) is 0 Å². The van der Waals surface area contributed by atoms with Crippen LogP contribution in [0.3, 0.4) is 0 Å². The first-order valence-electron chi connectivity index (χ1n) is 5.40. The van der Waals surface area contributed by atoms with E-state index in [-0.39, 0.29) is 5.91 Å². The Balaban J connectivity index is 2.37. The SMILES string of the molecule is Cc1ccc(CNC(=O)CC(C)C)cc1. The second-order valence-electron chi connectivity index (χ2n) is 4.36. The maximum atomic E-state index is 11.4. The Kier molecular flexibility index (Phi) is 4.35. The van der Waals surface area contributed by atoms with E-state index in [1.165, 1.54) is 5.56 Å². The van der Waals surface area contributed by atoms with E-state index < -0.39 is 0 Å². The van der Waals surface area contributed by atoms with E-state index >= 15 is 0 Å². The zero-order valence-electron chi connectivity index (χ0n) is 9.71. The fourth-order valence-corrected chi connectivity index (χ4v) is 1.35. The molecule has 0 heterocycles. The fourth-order valence-electron chi connectivity index (χ4n) is 1.35. The van der Waals surface area contributed by atoms with Crippen molar-refractivity contribution >= 4 is 5.91 Å². The summed E-state index contributed by atoms with van der Waals surface area (Å²) in [5.74, 6) is 0.550. The van der Waals surface area contributed by atoms with Crippen molar-refractivity contribution in [1.29, 1.82) is 0 Å². The highest BCUT2D eigenvalue weighted by Gasteiger charge is 2.03. The van der Waals surface area contributed by atoms with Crippen LogP contribution in [-0.2, 0) is 11.3 Å². The third-order valence-corrected chi connectivity index (χ3v) is 2.20. The lowest BCUT2D eigenvalue weighted by atomic mass is 10.1. The van der Waals surface area contributed by atoms with E-state index in [0.29, 0.717) is 18.9 Å². The summed E-state index contributed by atoms with van der Waals surface area (Å²) in [6.45, 7) is 6.78. The molecular weight excluding hydrogens is 186 g/mol. The van der Waals surface area contributed by atoms with Crippen molar-refractivity contribution in [1.82, 2.24) is 5.32 Å². The molecule has 1 amide bonds. The highest BCUT2D eigenvalue weighted by atomic mass is 16.1. The van der Waals surface area contributed by atoms with Crippen LogP contribution >= 0.6 is 0 Å². The standard InChI is InChI=1S/C13H19NO/c1-10(2)8-13(15)14-9-12-6-4-11(3)5-7-12/h4-7,10H,8-9H2,1-3H3,(H,14,15). The molecule has 0 spiro atoms. The summed E-state index contributed by atoms with van der Waals surface area (Å²) in [5, 5.41) is 2.91. The van der Waals surface area contributed by atoms with Crippen molar-refractivity contribution in [2.24, 2.45) is 5.92 Å². The second kappa shape index (κ2) is 5.54. The third kappa shape index (κ3) is 4.63. The van der Waals surface area contributed by atoms with E-state index in [1.807, 2.05) is 26.0 Å². The van der Waals surface area contributed by atoms with Crippen LogP contribution in [0.5, 0.6) is 0 Å². The molecule has 15 heavy (non-hydrogen) atoms. The molecule has 1 N–H and O–H groups in total. The monoisotopic (exact) mass is 205 g/mol. The average Bonchev–Trinajstić information content (AvgIpc) is 2.16. The Hall–Kier alpha value is -1.31. The van der Waals surface area contributed by atoms with Gasteiger partial charge in [-0.3, -0.25) is 4.79 Å². The summed E-state index contributed by atoms with van der Waals surface area (Å²) in [6, 6.07) is 8.21.